The van der Waals surface area contributed by atoms with Crippen molar-refractivity contribution in [1.82, 2.24) is 15.6 Å². The topological polar surface area (TPSA) is 61.4 Å². The van der Waals surface area contributed by atoms with E-state index in [0.29, 0.717) is 23.5 Å². The number of ether oxygens (including phenoxy) is 1. The van der Waals surface area contributed by atoms with Gasteiger partial charge in [-0.2, -0.15) is 0 Å². The first-order valence-electron chi connectivity index (χ1n) is 10.4. The average molecular weight is 367 g/mol. The number of fused-ring (bicyclic) bond motifs is 3. The van der Waals surface area contributed by atoms with Crippen LogP contribution in [0, 0.1) is 18.3 Å². The number of aromatic amines is 1. The highest BCUT2D eigenvalue weighted by molar-refractivity contribution is 5.86. The van der Waals surface area contributed by atoms with Gasteiger partial charge in [0.15, 0.2) is 5.96 Å². The largest absolute Gasteiger partial charge is 0.377 e. The van der Waals surface area contributed by atoms with Crippen LogP contribution in [0.4, 0.5) is 0 Å². The van der Waals surface area contributed by atoms with Crippen LogP contribution in [-0.4, -0.2) is 43.3 Å². The second-order valence-corrected chi connectivity index (χ2v) is 8.51. The lowest BCUT2D eigenvalue weighted by Gasteiger charge is -2.63. The van der Waals surface area contributed by atoms with Crippen molar-refractivity contribution in [2.24, 2.45) is 16.3 Å². The van der Waals surface area contributed by atoms with Crippen LogP contribution in [0.25, 0.3) is 10.9 Å². The van der Waals surface area contributed by atoms with Gasteiger partial charge in [0.05, 0.1) is 6.10 Å². The Balaban J connectivity index is 1.21. The van der Waals surface area contributed by atoms with E-state index < -0.39 is 0 Å². The van der Waals surface area contributed by atoms with E-state index in [-0.39, 0.29) is 0 Å². The number of rotatable bonds is 4. The molecule has 3 fully saturated rings. The maximum absolute atomic E-state index is 6.03. The molecule has 3 unspecified atom stereocenters. The summed E-state index contributed by atoms with van der Waals surface area (Å²) in [5.74, 6) is 1.60. The molecule has 144 valence electrons. The van der Waals surface area contributed by atoms with E-state index in [4.69, 9.17) is 4.74 Å². The summed E-state index contributed by atoms with van der Waals surface area (Å²) in [4.78, 5) is 7.91. The third-order valence-electron chi connectivity index (χ3n) is 7.25. The van der Waals surface area contributed by atoms with Crippen LogP contribution < -0.4 is 10.6 Å². The fraction of sp³-hybridized carbons (Fsp3) is 0.591. The van der Waals surface area contributed by atoms with Gasteiger partial charge in [-0.3, -0.25) is 4.99 Å². The molecular weight excluding hydrogens is 336 g/mol. The van der Waals surface area contributed by atoms with Crippen LogP contribution in [0.15, 0.2) is 29.4 Å². The first kappa shape index (κ1) is 17.1. The molecular formula is C22H30N4O. The molecule has 5 rings (SSSR count). The summed E-state index contributed by atoms with van der Waals surface area (Å²) in [7, 11) is 1.87. The molecule has 0 radical (unpaired) electrons. The van der Waals surface area contributed by atoms with Gasteiger partial charge < -0.3 is 20.4 Å². The number of hydrogen-bond donors (Lipinski definition) is 3. The predicted molar refractivity (Wildman–Crippen MR) is 109 cm³/mol. The van der Waals surface area contributed by atoms with Crippen molar-refractivity contribution in [2.75, 3.05) is 20.2 Å². The minimum absolute atomic E-state index is 0.382. The molecule has 2 heterocycles. The van der Waals surface area contributed by atoms with E-state index in [1.165, 1.54) is 47.7 Å². The highest BCUT2D eigenvalue weighted by Crippen LogP contribution is 2.62. The van der Waals surface area contributed by atoms with E-state index in [9.17, 15) is 0 Å². The lowest BCUT2D eigenvalue weighted by atomic mass is 9.46. The lowest BCUT2D eigenvalue weighted by molar-refractivity contribution is -0.171. The van der Waals surface area contributed by atoms with Crippen LogP contribution >= 0.6 is 0 Å². The number of hydrogen-bond acceptors (Lipinski definition) is 2. The third kappa shape index (κ3) is 2.59. The minimum atomic E-state index is 0.382. The molecule has 3 N–H and O–H groups in total. The fourth-order valence-corrected chi connectivity index (χ4v) is 5.68. The molecule has 3 aliphatic rings. The van der Waals surface area contributed by atoms with Crippen LogP contribution in [0.5, 0.6) is 0 Å². The molecule has 1 aliphatic heterocycles. The van der Waals surface area contributed by atoms with Crippen molar-refractivity contribution in [1.29, 1.82) is 0 Å². The Morgan fingerprint density at radius 1 is 1.37 bits per heavy atom. The maximum Gasteiger partial charge on any atom is 0.191 e. The molecule has 2 aromatic rings. The Morgan fingerprint density at radius 2 is 2.26 bits per heavy atom. The molecule has 27 heavy (non-hydrogen) atoms. The number of guanidine groups is 1. The van der Waals surface area contributed by atoms with Gasteiger partial charge in [-0.25, -0.2) is 0 Å². The molecule has 5 nitrogen and oxygen atoms in total. The summed E-state index contributed by atoms with van der Waals surface area (Å²) in [5.41, 5.74) is 4.30. The second kappa shape index (κ2) is 6.55. The van der Waals surface area contributed by atoms with Gasteiger partial charge in [0.2, 0.25) is 0 Å². The number of H-pyrrole nitrogens is 1. The molecule has 5 heteroatoms. The third-order valence-corrected chi connectivity index (χ3v) is 7.25. The van der Waals surface area contributed by atoms with Crippen molar-refractivity contribution in [3.8, 4) is 0 Å². The normalized spacial score (nSPS) is 28.7. The number of para-hydroxylation sites is 1. The Kier molecular flexibility index (Phi) is 4.15. The summed E-state index contributed by atoms with van der Waals surface area (Å²) in [6.45, 7) is 3.97. The Morgan fingerprint density at radius 3 is 3.04 bits per heavy atom. The number of aryl methyl sites for hydroxylation is 1. The Hall–Kier alpha value is -2.01. The zero-order valence-corrected chi connectivity index (χ0v) is 16.3. The number of nitrogens with one attached hydrogen (secondary N) is 3. The van der Waals surface area contributed by atoms with Gasteiger partial charge in [-0.1, -0.05) is 24.6 Å². The van der Waals surface area contributed by atoms with Crippen molar-refractivity contribution < 1.29 is 4.74 Å². The van der Waals surface area contributed by atoms with Gasteiger partial charge in [0.25, 0.3) is 0 Å². The summed E-state index contributed by atoms with van der Waals surface area (Å²) >= 11 is 0. The fourth-order valence-electron chi connectivity index (χ4n) is 5.68. The summed E-state index contributed by atoms with van der Waals surface area (Å²) in [5, 5.41) is 8.61. The molecule has 1 spiro atoms. The standard InChI is InChI=1S/C22H30N4O/c1-14-5-3-6-16-15(13-25-18(14)16)7-11-24-21(23-2)26-19-17-8-12-27-20(17)22(19)9-4-10-22/h3,5-6,13,17,19-20,25H,4,7-12H2,1-2H3,(H2,23,24,26). The average Bonchev–Trinajstić information content (AvgIpc) is 3.23. The number of aromatic nitrogens is 1. The van der Waals surface area contributed by atoms with Crippen molar-refractivity contribution in [3.63, 3.8) is 0 Å². The molecule has 1 aromatic carbocycles. The van der Waals surface area contributed by atoms with E-state index in [1.807, 2.05) is 7.05 Å². The first-order chi connectivity index (χ1) is 13.2. The van der Waals surface area contributed by atoms with Crippen LogP contribution in [0.2, 0.25) is 0 Å². The molecule has 0 amide bonds. The van der Waals surface area contributed by atoms with E-state index >= 15 is 0 Å². The second-order valence-electron chi connectivity index (χ2n) is 8.51. The highest BCUT2D eigenvalue weighted by atomic mass is 16.5. The maximum atomic E-state index is 6.03. The van der Waals surface area contributed by atoms with Crippen LogP contribution in [0.3, 0.4) is 0 Å². The molecule has 3 atom stereocenters. The molecule has 0 bridgehead atoms. The van der Waals surface area contributed by atoms with Gasteiger partial charge in [0, 0.05) is 54.7 Å². The lowest BCUT2D eigenvalue weighted by Crippen LogP contribution is -2.72. The van der Waals surface area contributed by atoms with E-state index in [2.05, 4.69) is 51.9 Å². The predicted octanol–water partition coefficient (Wildman–Crippen LogP) is 3.14. The Labute approximate surface area is 161 Å². The molecule has 1 saturated heterocycles. The highest BCUT2D eigenvalue weighted by Gasteiger charge is 2.66. The molecule has 2 saturated carbocycles. The van der Waals surface area contributed by atoms with E-state index in [0.717, 1.165) is 25.5 Å². The number of benzene rings is 1. The summed E-state index contributed by atoms with van der Waals surface area (Å²) < 4.78 is 6.03. The van der Waals surface area contributed by atoms with Gasteiger partial charge in [-0.05, 0) is 43.7 Å². The zero-order chi connectivity index (χ0) is 18.4. The zero-order valence-electron chi connectivity index (χ0n) is 16.3. The minimum Gasteiger partial charge on any atom is -0.377 e. The summed E-state index contributed by atoms with van der Waals surface area (Å²) in [6.07, 6.45) is 8.76. The number of nitrogens with zero attached hydrogens (tertiary/aromatic N) is 1. The monoisotopic (exact) mass is 366 g/mol. The van der Waals surface area contributed by atoms with Gasteiger partial charge in [0.1, 0.15) is 0 Å². The quantitative estimate of drug-likeness (QED) is 0.575. The molecule has 2 aliphatic carbocycles. The Bertz CT molecular complexity index is 866. The van der Waals surface area contributed by atoms with Crippen molar-refractivity contribution in [2.45, 2.75) is 51.2 Å². The van der Waals surface area contributed by atoms with E-state index in [1.54, 1.807) is 0 Å². The van der Waals surface area contributed by atoms with Gasteiger partial charge in [-0.15, -0.1) is 0 Å². The van der Waals surface area contributed by atoms with Gasteiger partial charge >= 0.3 is 0 Å². The van der Waals surface area contributed by atoms with Crippen molar-refractivity contribution >= 4 is 16.9 Å². The van der Waals surface area contributed by atoms with Crippen molar-refractivity contribution in [3.05, 3.63) is 35.5 Å². The number of aliphatic imine (C=N–C) groups is 1. The smallest absolute Gasteiger partial charge is 0.191 e. The first-order valence-corrected chi connectivity index (χ1v) is 10.4. The molecule has 1 aromatic heterocycles. The summed E-state index contributed by atoms with van der Waals surface area (Å²) in [6, 6.07) is 7.02. The SMILES string of the molecule is CN=C(NCCc1c[nH]c2c(C)cccc12)NC1C2CCOC2C12CCC2. The van der Waals surface area contributed by atoms with Crippen LogP contribution in [0.1, 0.15) is 36.8 Å². The van der Waals surface area contributed by atoms with Crippen LogP contribution in [-0.2, 0) is 11.2 Å².